The fourth-order valence-corrected chi connectivity index (χ4v) is 5.40. The SMILES string of the molecule is O=C(CCNS(=O)(=O)c1ccc2c(c1)CCCC2)N1CCN(c2ccccc2F)CC1. The predicted molar refractivity (Wildman–Crippen MR) is 118 cm³/mol. The van der Waals surface area contributed by atoms with Crippen LogP contribution >= 0.6 is 0 Å². The molecule has 1 aliphatic heterocycles. The highest BCUT2D eigenvalue weighted by atomic mass is 32.2. The van der Waals surface area contributed by atoms with Gasteiger partial charge in [0.15, 0.2) is 0 Å². The number of amides is 1. The van der Waals surface area contributed by atoms with Gasteiger partial charge in [-0.1, -0.05) is 18.2 Å². The van der Waals surface area contributed by atoms with Gasteiger partial charge >= 0.3 is 0 Å². The number of hydrogen-bond donors (Lipinski definition) is 1. The molecule has 1 aliphatic carbocycles. The van der Waals surface area contributed by atoms with E-state index in [9.17, 15) is 17.6 Å². The average molecular weight is 446 g/mol. The molecule has 1 heterocycles. The molecule has 1 fully saturated rings. The van der Waals surface area contributed by atoms with Crippen molar-refractivity contribution in [2.45, 2.75) is 37.0 Å². The summed E-state index contributed by atoms with van der Waals surface area (Å²) in [4.78, 5) is 16.4. The van der Waals surface area contributed by atoms with Gasteiger partial charge in [-0.25, -0.2) is 17.5 Å². The van der Waals surface area contributed by atoms with Gasteiger partial charge in [0.2, 0.25) is 15.9 Å². The predicted octanol–water partition coefficient (Wildman–Crippen LogP) is 2.72. The Morgan fingerprint density at radius 2 is 1.68 bits per heavy atom. The van der Waals surface area contributed by atoms with Crippen molar-refractivity contribution in [3.05, 3.63) is 59.4 Å². The average Bonchev–Trinajstić information content (AvgIpc) is 2.79. The molecule has 166 valence electrons. The zero-order chi connectivity index (χ0) is 21.8. The number of aryl methyl sites for hydroxylation is 2. The monoisotopic (exact) mass is 445 g/mol. The van der Waals surface area contributed by atoms with Crippen molar-refractivity contribution in [2.24, 2.45) is 0 Å². The molecule has 0 radical (unpaired) electrons. The summed E-state index contributed by atoms with van der Waals surface area (Å²) in [5.41, 5.74) is 2.89. The van der Waals surface area contributed by atoms with Crippen LogP contribution in [-0.4, -0.2) is 51.9 Å². The first-order valence-corrected chi connectivity index (χ1v) is 12.3. The molecule has 2 aromatic carbocycles. The summed E-state index contributed by atoms with van der Waals surface area (Å²) in [5.74, 6) is -0.361. The number of nitrogens with zero attached hydrogens (tertiary/aromatic N) is 2. The van der Waals surface area contributed by atoms with Crippen LogP contribution in [0.25, 0.3) is 0 Å². The largest absolute Gasteiger partial charge is 0.366 e. The molecule has 6 nitrogen and oxygen atoms in total. The van der Waals surface area contributed by atoms with Crippen LogP contribution in [0.2, 0.25) is 0 Å². The molecule has 0 atom stereocenters. The first kappa shape index (κ1) is 21.8. The quantitative estimate of drug-likeness (QED) is 0.742. The van der Waals surface area contributed by atoms with E-state index in [1.54, 1.807) is 35.2 Å². The van der Waals surface area contributed by atoms with Gasteiger partial charge < -0.3 is 9.80 Å². The lowest BCUT2D eigenvalue weighted by molar-refractivity contribution is -0.131. The Morgan fingerprint density at radius 3 is 2.42 bits per heavy atom. The lowest BCUT2D eigenvalue weighted by Gasteiger charge is -2.36. The van der Waals surface area contributed by atoms with Gasteiger partial charge in [-0.3, -0.25) is 4.79 Å². The van der Waals surface area contributed by atoms with E-state index in [1.165, 1.54) is 11.6 Å². The van der Waals surface area contributed by atoms with Crippen LogP contribution in [0.1, 0.15) is 30.4 Å². The number of rotatable bonds is 6. The van der Waals surface area contributed by atoms with Crippen LogP contribution in [-0.2, 0) is 27.7 Å². The molecule has 4 rings (SSSR count). The number of piperazine rings is 1. The Morgan fingerprint density at radius 1 is 0.968 bits per heavy atom. The Hall–Kier alpha value is -2.45. The van der Waals surface area contributed by atoms with Gasteiger partial charge in [-0.15, -0.1) is 0 Å². The fraction of sp³-hybridized carbons (Fsp3) is 0.435. The third kappa shape index (κ3) is 5.07. The van der Waals surface area contributed by atoms with E-state index >= 15 is 0 Å². The van der Waals surface area contributed by atoms with E-state index in [-0.39, 0.29) is 29.6 Å². The number of nitrogens with one attached hydrogen (secondary N) is 1. The number of para-hydroxylation sites is 1. The molecular weight excluding hydrogens is 417 g/mol. The van der Waals surface area contributed by atoms with Gasteiger partial charge in [0, 0.05) is 39.1 Å². The van der Waals surface area contributed by atoms with E-state index in [0.717, 1.165) is 31.2 Å². The maximum atomic E-state index is 14.0. The minimum absolute atomic E-state index is 0.0613. The molecule has 1 saturated heterocycles. The van der Waals surface area contributed by atoms with E-state index in [0.29, 0.717) is 31.9 Å². The second-order valence-electron chi connectivity index (χ2n) is 8.10. The minimum atomic E-state index is -3.64. The number of benzene rings is 2. The van der Waals surface area contributed by atoms with Gasteiger partial charge in [-0.05, 0) is 61.1 Å². The number of sulfonamides is 1. The number of anilines is 1. The van der Waals surface area contributed by atoms with Crippen LogP contribution in [0.3, 0.4) is 0 Å². The summed E-state index contributed by atoms with van der Waals surface area (Å²) in [5, 5.41) is 0. The molecule has 0 bridgehead atoms. The second kappa shape index (κ2) is 9.36. The van der Waals surface area contributed by atoms with Gasteiger partial charge in [0.25, 0.3) is 0 Å². The summed E-state index contributed by atoms with van der Waals surface area (Å²) < 4.78 is 41.8. The van der Waals surface area contributed by atoms with E-state index in [2.05, 4.69) is 4.72 Å². The molecule has 31 heavy (non-hydrogen) atoms. The molecule has 2 aliphatic rings. The van der Waals surface area contributed by atoms with Crippen LogP contribution < -0.4 is 9.62 Å². The Bertz CT molecular complexity index is 1050. The molecule has 0 aromatic heterocycles. The normalized spacial score (nSPS) is 16.8. The van der Waals surface area contributed by atoms with Crippen molar-refractivity contribution < 1.29 is 17.6 Å². The molecule has 0 saturated carbocycles. The zero-order valence-corrected chi connectivity index (χ0v) is 18.3. The lowest BCUT2D eigenvalue weighted by atomic mass is 9.92. The highest BCUT2D eigenvalue weighted by molar-refractivity contribution is 7.89. The van der Waals surface area contributed by atoms with Crippen LogP contribution in [0.4, 0.5) is 10.1 Å². The summed E-state index contributed by atoms with van der Waals surface area (Å²) in [6, 6.07) is 11.9. The first-order valence-electron chi connectivity index (χ1n) is 10.8. The van der Waals surface area contributed by atoms with Crippen LogP contribution in [0.15, 0.2) is 47.4 Å². The Labute approximate surface area is 183 Å². The molecule has 8 heteroatoms. The smallest absolute Gasteiger partial charge is 0.240 e. The maximum absolute atomic E-state index is 14.0. The van der Waals surface area contributed by atoms with Crippen LogP contribution in [0, 0.1) is 5.82 Å². The number of carbonyl (C=O) groups is 1. The van der Waals surface area contributed by atoms with Crippen molar-refractivity contribution >= 4 is 21.6 Å². The third-order valence-corrected chi connectivity index (χ3v) is 7.55. The van der Waals surface area contributed by atoms with Crippen molar-refractivity contribution in [2.75, 3.05) is 37.6 Å². The zero-order valence-electron chi connectivity index (χ0n) is 17.5. The van der Waals surface area contributed by atoms with Crippen molar-refractivity contribution in [1.82, 2.24) is 9.62 Å². The topological polar surface area (TPSA) is 69.7 Å². The van der Waals surface area contributed by atoms with Crippen molar-refractivity contribution in [3.8, 4) is 0 Å². The summed E-state index contributed by atoms with van der Waals surface area (Å²) in [6.45, 7) is 2.14. The van der Waals surface area contributed by atoms with Gasteiger partial charge in [0.1, 0.15) is 5.82 Å². The molecule has 0 unspecified atom stereocenters. The van der Waals surface area contributed by atoms with Crippen molar-refractivity contribution in [3.63, 3.8) is 0 Å². The Kier molecular flexibility index (Phi) is 6.57. The van der Waals surface area contributed by atoms with Crippen LogP contribution in [0.5, 0.6) is 0 Å². The number of hydrogen-bond acceptors (Lipinski definition) is 4. The maximum Gasteiger partial charge on any atom is 0.240 e. The van der Waals surface area contributed by atoms with Gasteiger partial charge in [-0.2, -0.15) is 0 Å². The third-order valence-electron chi connectivity index (χ3n) is 6.09. The summed E-state index contributed by atoms with van der Waals surface area (Å²) in [6.07, 6.45) is 4.25. The molecule has 0 spiro atoms. The van der Waals surface area contributed by atoms with E-state index in [4.69, 9.17) is 0 Å². The number of halogens is 1. The molecule has 2 aromatic rings. The van der Waals surface area contributed by atoms with E-state index in [1.807, 2.05) is 11.0 Å². The summed E-state index contributed by atoms with van der Waals surface area (Å²) in [7, 11) is -3.64. The van der Waals surface area contributed by atoms with Gasteiger partial charge in [0.05, 0.1) is 10.6 Å². The molecule has 1 N–H and O–H groups in total. The molecule has 1 amide bonds. The highest BCUT2D eigenvalue weighted by Gasteiger charge is 2.23. The highest BCUT2D eigenvalue weighted by Crippen LogP contribution is 2.24. The Balaban J connectivity index is 1.27. The lowest BCUT2D eigenvalue weighted by Crippen LogP contribution is -2.49. The number of carbonyl (C=O) groups excluding carboxylic acids is 1. The minimum Gasteiger partial charge on any atom is -0.366 e. The fourth-order valence-electron chi connectivity index (χ4n) is 4.32. The number of fused-ring (bicyclic) bond motifs is 1. The second-order valence-corrected chi connectivity index (χ2v) is 9.87. The summed E-state index contributed by atoms with van der Waals surface area (Å²) >= 11 is 0. The van der Waals surface area contributed by atoms with E-state index < -0.39 is 10.0 Å². The van der Waals surface area contributed by atoms with Crippen molar-refractivity contribution in [1.29, 1.82) is 0 Å². The standard InChI is InChI=1S/C23H28FN3O3S/c24-21-7-3-4-8-22(21)26-13-15-27(16-14-26)23(28)11-12-25-31(29,30)20-10-9-18-5-1-2-6-19(18)17-20/h3-4,7-10,17,25H,1-2,5-6,11-16H2. The first-order chi connectivity index (χ1) is 14.9. The molecular formula is C23H28FN3O3S.